The van der Waals surface area contributed by atoms with Gasteiger partial charge < -0.3 is 4.90 Å². The SMILES string of the molecule is O=C(c1ccncc1)N1CC(c2[nH]nc3nccnc23)C1. The second-order valence-electron chi connectivity index (χ2n) is 5.01. The molecule has 1 aliphatic rings. The molecular weight excluding hydrogens is 268 g/mol. The standard InChI is InChI=1S/C14H12N6O/c21-14(9-1-3-15-4-2-9)20-7-10(8-20)11-12-13(19-18-11)17-6-5-16-12/h1-6,10H,7-8H2,(H,17,18,19). The Morgan fingerprint density at radius 1 is 1.14 bits per heavy atom. The van der Waals surface area contributed by atoms with E-state index >= 15 is 0 Å². The second-order valence-corrected chi connectivity index (χ2v) is 5.01. The van der Waals surface area contributed by atoms with Crippen molar-refractivity contribution < 1.29 is 4.79 Å². The number of pyridine rings is 1. The fourth-order valence-electron chi connectivity index (χ4n) is 2.56. The maximum Gasteiger partial charge on any atom is 0.254 e. The van der Waals surface area contributed by atoms with Crippen molar-refractivity contribution in [3.63, 3.8) is 0 Å². The topological polar surface area (TPSA) is 87.7 Å². The van der Waals surface area contributed by atoms with Crippen LogP contribution < -0.4 is 0 Å². The maximum absolute atomic E-state index is 12.3. The molecule has 1 saturated heterocycles. The van der Waals surface area contributed by atoms with Gasteiger partial charge in [0.25, 0.3) is 5.91 Å². The number of carbonyl (C=O) groups is 1. The van der Waals surface area contributed by atoms with Gasteiger partial charge in [0.15, 0.2) is 5.65 Å². The number of H-pyrrole nitrogens is 1. The van der Waals surface area contributed by atoms with Gasteiger partial charge in [0.05, 0.1) is 5.69 Å². The highest BCUT2D eigenvalue weighted by molar-refractivity contribution is 5.94. The van der Waals surface area contributed by atoms with Crippen molar-refractivity contribution in [2.24, 2.45) is 0 Å². The highest BCUT2D eigenvalue weighted by atomic mass is 16.2. The average Bonchev–Trinajstić information content (AvgIpc) is 2.91. The predicted octanol–water partition coefficient (Wildman–Crippen LogP) is 0.987. The van der Waals surface area contributed by atoms with E-state index in [9.17, 15) is 4.79 Å². The Hall–Kier alpha value is -2.83. The Kier molecular flexibility index (Phi) is 2.63. The van der Waals surface area contributed by atoms with Crippen LogP contribution in [0.1, 0.15) is 22.0 Å². The molecule has 0 aliphatic carbocycles. The highest BCUT2D eigenvalue weighted by Gasteiger charge is 2.34. The number of fused-ring (bicyclic) bond motifs is 1. The van der Waals surface area contributed by atoms with Gasteiger partial charge in [0.1, 0.15) is 5.52 Å². The van der Waals surface area contributed by atoms with Gasteiger partial charge in [0.2, 0.25) is 0 Å². The third-order valence-corrected chi connectivity index (χ3v) is 3.72. The van der Waals surface area contributed by atoms with Gasteiger partial charge >= 0.3 is 0 Å². The number of hydrogen-bond acceptors (Lipinski definition) is 5. The summed E-state index contributed by atoms with van der Waals surface area (Å²) >= 11 is 0. The van der Waals surface area contributed by atoms with E-state index in [1.54, 1.807) is 36.9 Å². The van der Waals surface area contributed by atoms with Gasteiger partial charge in [-0.1, -0.05) is 0 Å². The first kappa shape index (κ1) is 12.0. The molecule has 7 nitrogen and oxygen atoms in total. The van der Waals surface area contributed by atoms with Crippen molar-refractivity contribution in [1.82, 2.24) is 30.0 Å². The minimum absolute atomic E-state index is 0.0311. The van der Waals surface area contributed by atoms with Crippen molar-refractivity contribution in [3.05, 3.63) is 48.2 Å². The fourth-order valence-corrected chi connectivity index (χ4v) is 2.56. The Balaban J connectivity index is 1.51. The Labute approximate surface area is 120 Å². The van der Waals surface area contributed by atoms with Gasteiger partial charge in [-0.2, -0.15) is 5.10 Å². The van der Waals surface area contributed by atoms with E-state index in [0.717, 1.165) is 11.2 Å². The second kappa shape index (κ2) is 4.62. The van der Waals surface area contributed by atoms with E-state index in [-0.39, 0.29) is 11.8 Å². The molecule has 1 N–H and O–H groups in total. The summed E-state index contributed by atoms with van der Waals surface area (Å²) in [6, 6.07) is 3.46. The number of likely N-dealkylation sites (tertiary alicyclic amines) is 1. The lowest BCUT2D eigenvalue weighted by molar-refractivity contribution is 0.0599. The number of aromatic nitrogens is 5. The van der Waals surface area contributed by atoms with E-state index in [1.807, 2.05) is 4.90 Å². The molecule has 4 rings (SSSR count). The molecule has 104 valence electrons. The van der Waals surface area contributed by atoms with Crippen LogP contribution in [0.15, 0.2) is 36.9 Å². The number of hydrogen-bond donors (Lipinski definition) is 1. The first-order chi connectivity index (χ1) is 10.3. The van der Waals surface area contributed by atoms with Crippen LogP contribution >= 0.6 is 0 Å². The first-order valence-corrected chi connectivity index (χ1v) is 6.67. The van der Waals surface area contributed by atoms with Crippen molar-refractivity contribution in [3.8, 4) is 0 Å². The van der Waals surface area contributed by atoms with Gasteiger partial charge in [0, 0.05) is 49.4 Å². The Morgan fingerprint density at radius 3 is 2.71 bits per heavy atom. The minimum Gasteiger partial charge on any atom is -0.337 e. The molecule has 3 aromatic heterocycles. The van der Waals surface area contributed by atoms with E-state index in [4.69, 9.17) is 0 Å². The zero-order valence-electron chi connectivity index (χ0n) is 11.1. The van der Waals surface area contributed by atoms with E-state index in [1.165, 1.54) is 0 Å². The van der Waals surface area contributed by atoms with Crippen LogP contribution in [0.3, 0.4) is 0 Å². The van der Waals surface area contributed by atoms with Crippen LogP contribution in [-0.4, -0.2) is 49.0 Å². The molecule has 0 atom stereocenters. The molecule has 3 aromatic rings. The summed E-state index contributed by atoms with van der Waals surface area (Å²) in [6.45, 7) is 1.32. The van der Waals surface area contributed by atoms with Crippen molar-refractivity contribution in [2.45, 2.75) is 5.92 Å². The number of nitrogens with zero attached hydrogens (tertiary/aromatic N) is 5. The summed E-state index contributed by atoms with van der Waals surface area (Å²) in [5, 5.41) is 7.13. The quantitative estimate of drug-likeness (QED) is 0.756. The summed E-state index contributed by atoms with van der Waals surface area (Å²) in [6.07, 6.45) is 6.53. The van der Waals surface area contributed by atoms with Crippen LogP contribution in [0, 0.1) is 0 Å². The van der Waals surface area contributed by atoms with E-state index in [0.29, 0.717) is 24.3 Å². The van der Waals surface area contributed by atoms with E-state index in [2.05, 4.69) is 25.1 Å². The highest BCUT2D eigenvalue weighted by Crippen LogP contribution is 2.30. The number of amides is 1. The Bertz CT molecular complexity index is 793. The van der Waals surface area contributed by atoms with Crippen LogP contribution in [0.4, 0.5) is 0 Å². The van der Waals surface area contributed by atoms with Crippen LogP contribution in [0.2, 0.25) is 0 Å². The molecule has 4 heterocycles. The van der Waals surface area contributed by atoms with Gasteiger partial charge in [-0.25, -0.2) is 9.97 Å². The molecule has 1 amide bonds. The molecule has 0 radical (unpaired) electrons. The van der Waals surface area contributed by atoms with Crippen LogP contribution in [-0.2, 0) is 0 Å². The normalized spacial score (nSPS) is 15.1. The number of carbonyl (C=O) groups excluding carboxylic acids is 1. The summed E-state index contributed by atoms with van der Waals surface area (Å²) in [5.74, 6) is 0.265. The average molecular weight is 280 g/mol. The van der Waals surface area contributed by atoms with E-state index < -0.39 is 0 Å². The zero-order chi connectivity index (χ0) is 14.2. The minimum atomic E-state index is 0.0311. The first-order valence-electron chi connectivity index (χ1n) is 6.67. The summed E-state index contributed by atoms with van der Waals surface area (Å²) in [4.78, 5) is 26.4. The Morgan fingerprint density at radius 2 is 1.90 bits per heavy atom. The number of nitrogens with one attached hydrogen (secondary N) is 1. The summed E-state index contributed by atoms with van der Waals surface area (Å²) in [5.41, 5.74) is 3.03. The fraction of sp³-hybridized carbons (Fsp3) is 0.214. The lowest BCUT2D eigenvalue weighted by Crippen LogP contribution is -2.48. The van der Waals surface area contributed by atoms with Crippen LogP contribution in [0.5, 0.6) is 0 Å². The van der Waals surface area contributed by atoms with Crippen LogP contribution in [0.25, 0.3) is 11.2 Å². The van der Waals surface area contributed by atoms with Gasteiger partial charge in [-0.3, -0.25) is 14.9 Å². The van der Waals surface area contributed by atoms with Crippen molar-refractivity contribution >= 4 is 17.1 Å². The molecule has 0 unspecified atom stereocenters. The lowest BCUT2D eigenvalue weighted by Gasteiger charge is -2.38. The largest absolute Gasteiger partial charge is 0.337 e. The maximum atomic E-state index is 12.3. The molecule has 1 fully saturated rings. The smallest absolute Gasteiger partial charge is 0.254 e. The lowest BCUT2D eigenvalue weighted by atomic mass is 9.95. The zero-order valence-corrected chi connectivity index (χ0v) is 11.1. The predicted molar refractivity (Wildman–Crippen MR) is 74.6 cm³/mol. The molecule has 1 aliphatic heterocycles. The third kappa shape index (κ3) is 1.94. The molecule has 0 aromatic carbocycles. The molecule has 0 spiro atoms. The molecular formula is C14H12N6O. The van der Waals surface area contributed by atoms with Crippen molar-refractivity contribution in [1.29, 1.82) is 0 Å². The molecule has 21 heavy (non-hydrogen) atoms. The van der Waals surface area contributed by atoms with Crippen molar-refractivity contribution in [2.75, 3.05) is 13.1 Å². The van der Waals surface area contributed by atoms with Gasteiger partial charge in [-0.05, 0) is 12.1 Å². The summed E-state index contributed by atoms with van der Waals surface area (Å²) < 4.78 is 0. The molecule has 0 saturated carbocycles. The molecule has 7 heteroatoms. The van der Waals surface area contributed by atoms with Gasteiger partial charge in [-0.15, -0.1) is 0 Å². The summed E-state index contributed by atoms with van der Waals surface area (Å²) in [7, 11) is 0. The molecule has 0 bridgehead atoms. The monoisotopic (exact) mass is 280 g/mol. The third-order valence-electron chi connectivity index (χ3n) is 3.72. The number of rotatable bonds is 2. The number of aromatic amines is 1.